The van der Waals surface area contributed by atoms with Crippen molar-refractivity contribution in [1.29, 1.82) is 0 Å². The van der Waals surface area contributed by atoms with E-state index in [1.165, 1.54) is 0 Å². The summed E-state index contributed by atoms with van der Waals surface area (Å²) in [5.41, 5.74) is 10.5. The fraction of sp³-hybridized carbons (Fsp3) is 0.545. The van der Waals surface area contributed by atoms with E-state index in [-0.39, 0.29) is 30.0 Å². The number of hydrogen-bond acceptors (Lipinski definition) is 7. The Balaban J connectivity index is 2.43. The lowest BCUT2D eigenvalue weighted by atomic mass is 10.2. The number of nitrogen functional groups attached to an aromatic ring is 1. The van der Waals surface area contributed by atoms with Gasteiger partial charge in [-0.3, -0.25) is 14.9 Å². The number of amides is 1. The van der Waals surface area contributed by atoms with Gasteiger partial charge in [0.15, 0.2) is 0 Å². The van der Waals surface area contributed by atoms with Crippen LogP contribution in [0.3, 0.4) is 0 Å². The highest BCUT2D eigenvalue weighted by molar-refractivity contribution is 5.80. The zero-order valence-electron chi connectivity index (χ0n) is 10.9. The number of nitrogens with zero attached hydrogens (tertiary/aromatic N) is 4. The van der Waals surface area contributed by atoms with E-state index in [0.29, 0.717) is 0 Å². The first kappa shape index (κ1) is 14.0. The van der Waals surface area contributed by atoms with Crippen LogP contribution in [0.1, 0.15) is 25.7 Å². The van der Waals surface area contributed by atoms with Crippen LogP contribution in [0.2, 0.25) is 0 Å². The van der Waals surface area contributed by atoms with E-state index in [2.05, 4.69) is 9.97 Å². The first-order valence-corrected chi connectivity index (χ1v) is 6.31. The minimum Gasteiger partial charge on any atom is -0.368 e. The van der Waals surface area contributed by atoms with E-state index in [1.807, 2.05) is 0 Å². The third-order valence-corrected chi connectivity index (χ3v) is 3.33. The number of hydrogen-bond donors (Lipinski definition) is 2. The van der Waals surface area contributed by atoms with Gasteiger partial charge in [-0.05, 0) is 12.8 Å². The smallest absolute Gasteiger partial charge is 0.329 e. The van der Waals surface area contributed by atoms with Gasteiger partial charge in [0.05, 0.1) is 11.5 Å². The van der Waals surface area contributed by atoms with E-state index < -0.39 is 10.8 Å². The normalized spacial score (nSPS) is 15.2. The van der Waals surface area contributed by atoms with E-state index in [4.69, 9.17) is 11.5 Å². The van der Waals surface area contributed by atoms with Gasteiger partial charge in [-0.1, -0.05) is 12.8 Å². The van der Waals surface area contributed by atoms with E-state index in [9.17, 15) is 14.9 Å². The average Bonchev–Trinajstić information content (AvgIpc) is 2.88. The van der Waals surface area contributed by atoms with Crippen LogP contribution in [0.5, 0.6) is 0 Å². The number of nitrogens with two attached hydrogens (primary N) is 2. The van der Waals surface area contributed by atoms with Crippen LogP contribution in [0.25, 0.3) is 0 Å². The lowest BCUT2D eigenvalue weighted by molar-refractivity contribution is -0.384. The Kier molecular flexibility index (Phi) is 3.97. The third-order valence-electron chi connectivity index (χ3n) is 3.33. The van der Waals surface area contributed by atoms with Crippen molar-refractivity contribution in [1.82, 2.24) is 9.97 Å². The highest BCUT2D eigenvalue weighted by atomic mass is 16.6. The molecule has 1 aromatic rings. The molecule has 4 N–H and O–H groups in total. The highest BCUT2D eigenvalue weighted by Crippen LogP contribution is 2.32. The summed E-state index contributed by atoms with van der Waals surface area (Å²) in [6.07, 6.45) is 4.76. The Bertz CT molecular complexity index is 529. The summed E-state index contributed by atoms with van der Waals surface area (Å²) in [5, 5.41) is 11.1. The SMILES string of the molecule is NC(=O)CN(c1nc(N)ncc1[N+](=O)[O-])C1CCCC1. The molecular weight excluding hydrogens is 264 g/mol. The number of carbonyl (C=O) groups is 1. The molecule has 0 aliphatic heterocycles. The Morgan fingerprint density at radius 2 is 2.15 bits per heavy atom. The molecule has 0 spiro atoms. The van der Waals surface area contributed by atoms with Gasteiger partial charge in [0, 0.05) is 6.04 Å². The van der Waals surface area contributed by atoms with Crippen LogP contribution < -0.4 is 16.4 Å². The summed E-state index contributed by atoms with van der Waals surface area (Å²) in [6, 6.07) is 0.00972. The molecule has 20 heavy (non-hydrogen) atoms. The van der Waals surface area contributed by atoms with Gasteiger partial charge in [-0.15, -0.1) is 0 Å². The molecule has 0 saturated heterocycles. The first-order chi connectivity index (χ1) is 9.49. The van der Waals surface area contributed by atoms with Crippen LogP contribution in [-0.2, 0) is 4.79 Å². The molecule has 0 radical (unpaired) electrons. The fourth-order valence-corrected chi connectivity index (χ4v) is 2.48. The van der Waals surface area contributed by atoms with Crippen molar-refractivity contribution in [3.63, 3.8) is 0 Å². The standard InChI is InChI=1S/C11H16N6O3/c12-9(18)6-16(7-3-1-2-4-7)10-8(17(19)20)5-14-11(13)15-10/h5,7H,1-4,6H2,(H2,12,18)(H2,13,14,15). The molecule has 0 bridgehead atoms. The number of aromatic nitrogens is 2. The van der Waals surface area contributed by atoms with Crippen molar-refractivity contribution in [2.24, 2.45) is 5.73 Å². The maximum atomic E-state index is 11.2. The number of carbonyl (C=O) groups excluding carboxylic acids is 1. The van der Waals surface area contributed by atoms with Crippen molar-refractivity contribution in [2.45, 2.75) is 31.7 Å². The molecule has 9 heteroatoms. The average molecular weight is 280 g/mol. The van der Waals surface area contributed by atoms with Crippen LogP contribution in [0, 0.1) is 10.1 Å². The van der Waals surface area contributed by atoms with Gasteiger partial charge in [0.1, 0.15) is 6.20 Å². The van der Waals surface area contributed by atoms with Crippen molar-refractivity contribution < 1.29 is 9.72 Å². The van der Waals surface area contributed by atoms with Crippen molar-refractivity contribution in [3.05, 3.63) is 16.3 Å². The Morgan fingerprint density at radius 3 is 2.70 bits per heavy atom. The number of anilines is 2. The second kappa shape index (κ2) is 5.68. The van der Waals surface area contributed by atoms with Crippen LogP contribution >= 0.6 is 0 Å². The molecule has 1 fully saturated rings. The summed E-state index contributed by atoms with van der Waals surface area (Å²) >= 11 is 0. The molecule has 9 nitrogen and oxygen atoms in total. The molecule has 1 amide bonds. The van der Waals surface area contributed by atoms with E-state index >= 15 is 0 Å². The van der Waals surface area contributed by atoms with Gasteiger partial charge >= 0.3 is 5.69 Å². The second-order valence-electron chi connectivity index (χ2n) is 4.73. The molecule has 1 aromatic heterocycles. The van der Waals surface area contributed by atoms with Crippen LogP contribution in [0.15, 0.2) is 6.20 Å². The predicted octanol–water partition coefficient (Wildman–Crippen LogP) is 0.201. The zero-order chi connectivity index (χ0) is 14.7. The monoisotopic (exact) mass is 280 g/mol. The Labute approximate surface area is 115 Å². The molecular formula is C11H16N6O3. The molecule has 1 heterocycles. The van der Waals surface area contributed by atoms with Crippen LogP contribution in [0.4, 0.5) is 17.5 Å². The summed E-state index contributed by atoms with van der Waals surface area (Å²) in [5.74, 6) is -0.574. The number of nitro groups is 1. The molecule has 2 rings (SSSR count). The van der Waals surface area contributed by atoms with E-state index in [1.54, 1.807) is 4.90 Å². The highest BCUT2D eigenvalue weighted by Gasteiger charge is 2.30. The first-order valence-electron chi connectivity index (χ1n) is 6.31. The molecule has 0 aromatic carbocycles. The Hall–Kier alpha value is -2.45. The zero-order valence-corrected chi connectivity index (χ0v) is 10.9. The maximum absolute atomic E-state index is 11.2. The molecule has 0 atom stereocenters. The minimum absolute atomic E-state index is 0.00972. The quantitative estimate of drug-likeness (QED) is 0.579. The predicted molar refractivity (Wildman–Crippen MR) is 71.9 cm³/mol. The largest absolute Gasteiger partial charge is 0.368 e. The van der Waals surface area contributed by atoms with Crippen molar-refractivity contribution >= 4 is 23.4 Å². The molecule has 0 unspecified atom stereocenters. The lowest BCUT2D eigenvalue weighted by Gasteiger charge is -2.28. The van der Waals surface area contributed by atoms with E-state index in [0.717, 1.165) is 31.9 Å². The van der Waals surface area contributed by atoms with Gasteiger partial charge in [0.25, 0.3) is 0 Å². The summed E-state index contributed by atoms with van der Waals surface area (Å²) in [7, 11) is 0. The number of primary amides is 1. The molecule has 1 aliphatic rings. The van der Waals surface area contributed by atoms with Crippen molar-refractivity contribution in [3.8, 4) is 0 Å². The molecule has 108 valence electrons. The van der Waals surface area contributed by atoms with Gasteiger partial charge < -0.3 is 16.4 Å². The minimum atomic E-state index is -0.586. The summed E-state index contributed by atoms with van der Waals surface area (Å²) in [4.78, 5) is 30.9. The lowest BCUT2D eigenvalue weighted by Crippen LogP contribution is -2.41. The fourth-order valence-electron chi connectivity index (χ4n) is 2.48. The Morgan fingerprint density at radius 1 is 1.50 bits per heavy atom. The van der Waals surface area contributed by atoms with Crippen LogP contribution in [-0.4, -0.2) is 33.4 Å². The summed E-state index contributed by atoms with van der Waals surface area (Å²) in [6.45, 7) is -0.123. The molecule has 1 aliphatic carbocycles. The van der Waals surface area contributed by atoms with Crippen molar-refractivity contribution in [2.75, 3.05) is 17.2 Å². The molecule has 1 saturated carbocycles. The van der Waals surface area contributed by atoms with Gasteiger partial charge in [-0.25, -0.2) is 4.98 Å². The third kappa shape index (κ3) is 2.92. The topological polar surface area (TPSA) is 141 Å². The second-order valence-corrected chi connectivity index (χ2v) is 4.73. The maximum Gasteiger partial charge on any atom is 0.329 e. The van der Waals surface area contributed by atoms with Gasteiger partial charge in [0.2, 0.25) is 17.7 Å². The summed E-state index contributed by atoms with van der Waals surface area (Å²) < 4.78 is 0. The number of rotatable bonds is 5. The van der Waals surface area contributed by atoms with Gasteiger partial charge in [-0.2, -0.15) is 4.98 Å².